The van der Waals surface area contributed by atoms with Gasteiger partial charge in [-0.05, 0) is 6.42 Å². The Morgan fingerprint density at radius 2 is 1.12 bits per heavy atom. The molecule has 13 heteroatoms. The van der Waals surface area contributed by atoms with Crippen molar-refractivity contribution in [3.8, 4) is 0 Å². The molecule has 0 N–H and O–H groups in total. The molecule has 0 aliphatic heterocycles. The minimum atomic E-state index is -5.59. The Balaban J connectivity index is 0. The highest BCUT2D eigenvalue weighted by Crippen LogP contribution is 2.35. The Kier molecular flexibility index (Phi) is 12.3. The molecule has 0 aromatic carbocycles. The number of halogens is 11. The molecule has 0 aliphatic carbocycles. The summed E-state index contributed by atoms with van der Waals surface area (Å²) in [4.78, 5) is 0. The lowest BCUT2D eigenvalue weighted by atomic mass is 10.3. The molecule has 0 amide bonds. The molecule has 0 aromatic heterocycles. The zero-order valence-corrected chi connectivity index (χ0v) is 12.1. The van der Waals surface area contributed by atoms with Crippen LogP contribution < -0.4 is 0 Å². The van der Waals surface area contributed by atoms with Crippen LogP contribution in [-0.2, 0) is 9.47 Å². The molecule has 0 saturated heterocycles. The lowest BCUT2D eigenvalue weighted by molar-refractivity contribution is -0.325. The Bertz CT molecular complexity index is 286. The molecule has 0 fully saturated rings. The van der Waals surface area contributed by atoms with E-state index in [1.54, 1.807) is 0 Å². The standard InChI is InChI=1S/C6H4F10O.C5H11FO/c7-1(8)5(13,14)3(11)17-4(12)6(15,16)2(9)10;1-2-4-7-5-3-6/h1-4H;2-5H2,1H3. The predicted octanol–water partition coefficient (Wildman–Crippen LogP) is 4.78. The van der Waals surface area contributed by atoms with Gasteiger partial charge in [0, 0.05) is 6.61 Å². The zero-order chi connectivity index (χ0) is 19.6. The topological polar surface area (TPSA) is 18.5 Å². The summed E-state index contributed by atoms with van der Waals surface area (Å²) in [6.45, 7) is 2.58. The third kappa shape index (κ3) is 8.85. The van der Waals surface area contributed by atoms with Gasteiger partial charge >= 0.3 is 24.7 Å². The van der Waals surface area contributed by atoms with Crippen LogP contribution in [0.5, 0.6) is 0 Å². The third-order valence-electron chi connectivity index (χ3n) is 2.00. The van der Waals surface area contributed by atoms with Crippen LogP contribution in [0, 0.1) is 0 Å². The minimum absolute atomic E-state index is 0.258. The number of hydrogen-bond donors (Lipinski definition) is 0. The van der Waals surface area contributed by atoms with Crippen molar-refractivity contribution in [2.24, 2.45) is 0 Å². The second kappa shape index (κ2) is 11.7. The fraction of sp³-hybridized carbons (Fsp3) is 1.00. The van der Waals surface area contributed by atoms with Crippen LogP contribution in [-0.4, -0.2) is 57.3 Å². The Morgan fingerprint density at radius 3 is 1.38 bits per heavy atom. The van der Waals surface area contributed by atoms with Gasteiger partial charge in [0.25, 0.3) is 12.7 Å². The average molecular weight is 388 g/mol. The van der Waals surface area contributed by atoms with Crippen LogP contribution >= 0.6 is 0 Å². The first kappa shape index (κ1) is 25.4. The molecule has 0 heterocycles. The fourth-order valence-corrected chi connectivity index (χ4v) is 0.785. The second-order valence-corrected chi connectivity index (χ2v) is 4.02. The van der Waals surface area contributed by atoms with E-state index in [0.29, 0.717) is 6.61 Å². The van der Waals surface area contributed by atoms with Gasteiger partial charge in [0.15, 0.2) is 0 Å². The lowest BCUT2D eigenvalue weighted by Gasteiger charge is -2.25. The maximum absolute atomic E-state index is 12.2. The van der Waals surface area contributed by atoms with Gasteiger partial charge in [0.05, 0.1) is 6.61 Å². The largest absolute Gasteiger partial charge is 0.379 e. The van der Waals surface area contributed by atoms with Crippen molar-refractivity contribution in [3.05, 3.63) is 0 Å². The SMILES string of the molecule is CCCOCCF.FC(F)C(F)(F)C(F)OC(F)C(F)(F)C(F)F. The van der Waals surface area contributed by atoms with Crippen LogP contribution in [0.3, 0.4) is 0 Å². The fourth-order valence-electron chi connectivity index (χ4n) is 0.785. The van der Waals surface area contributed by atoms with E-state index >= 15 is 0 Å². The first-order valence-electron chi connectivity index (χ1n) is 6.24. The molecule has 2 unspecified atom stereocenters. The third-order valence-corrected chi connectivity index (χ3v) is 2.00. The first-order chi connectivity index (χ1) is 10.8. The van der Waals surface area contributed by atoms with Crippen molar-refractivity contribution >= 4 is 0 Å². The Labute approximate surface area is 129 Å². The molecule has 2 atom stereocenters. The maximum Gasteiger partial charge on any atom is 0.361 e. The zero-order valence-electron chi connectivity index (χ0n) is 12.1. The predicted molar refractivity (Wildman–Crippen MR) is 59.9 cm³/mol. The smallest absolute Gasteiger partial charge is 0.361 e. The maximum atomic E-state index is 12.2. The summed E-state index contributed by atoms with van der Waals surface area (Å²) in [5.74, 6) is -11.2. The van der Waals surface area contributed by atoms with E-state index in [2.05, 4.69) is 4.74 Å². The minimum Gasteiger partial charge on any atom is -0.379 e. The van der Waals surface area contributed by atoms with E-state index in [1.807, 2.05) is 6.92 Å². The molecule has 0 aromatic rings. The highest BCUT2D eigenvalue weighted by atomic mass is 19.3. The van der Waals surface area contributed by atoms with Gasteiger partial charge in [-0.2, -0.15) is 17.6 Å². The molecule has 0 rings (SSSR count). The molecule has 0 saturated carbocycles. The monoisotopic (exact) mass is 388 g/mol. The average Bonchev–Trinajstić information content (AvgIpc) is 2.47. The van der Waals surface area contributed by atoms with Gasteiger partial charge in [0.1, 0.15) is 6.67 Å². The van der Waals surface area contributed by atoms with Crippen molar-refractivity contribution in [3.63, 3.8) is 0 Å². The van der Waals surface area contributed by atoms with E-state index in [9.17, 15) is 48.3 Å². The van der Waals surface area contributed by atoms with Gasteiger partial charge in [0.2, 0.25) is 0 Å². The Morgan fingerprint density at radius 1 is 0.750 bits per heavy atom. The van der Waals surface area contributed by atoms with Crippen molar-refractivity contribution < 1.29 is 57.8 Å². The lowest BCUT2D eigenvalue weighted by Crippen LogP contribution is -2.46. The normalized spacial score (nSPS) is 15.2. The van der Waals surface area contributed by atoms with Gasteiger partial charge in [-0.25, -0.2) is 30.7 Å². The molecule has 24 heavy (non-hydrogen) atoms. The summed E-state index contributed by atoms with van der Waals surface area (Å²) in [5.41, 5.74) is 0. The number of rotatable bonds is 10. The van der Waals surface area contributed by atoms with Crippen LogP contribution in [0.25, 0.3) is 0 Å². The van der Waals surface area contributed by atoms with Crippen LogP contribution in [0.2, 0.25) is 0 Å². The number of hydrogen-bond acceptors (Lipinski definition) is 2. The number of alkyl halides is 11. The van der Waals surface area contributed by atoms with E-state index in [0.717, 1.165) is 6.42 Å². The summed E-state index contributed by atoms with van der Waals surface area (Å²) < 4.78 is 137. The van der Waals surface area contributed by atoms with Crippen molar-refractivity contribution in [1.82, 2.24) is 0 Å². The van der Waals surface area contributed by atoms with Gasteiger partial charge < -0.3 is 9.47 Å². The highest BCUT2D eigenvalue weighted by molar-refractivity contribution is 4.78. The van der Waals surface area contributed by atoms with E-state index in [1.165, 1.54) is 0 Å². The van der Waals surface area contributed by atoms with E-state index in [4.69, 9.17) is 4.74 Å². The molecule has 0 bridgehead atoms. The van der Waals surface area contributed by atoms with Gasteiger partial charge in [-0.3, -0.25) is 0 Å². The van der Waals surface area contributed by atoms with Crippen molar-refractivity contribution in [2.45, 2.75) is 50.8 Å². The first-order valence-corrected chi connectivity index (χ1v) is 6.24. The van der Waals surface area contributed by atoms with Crippen molar-refractivity contribution in [1.29, 1.82) is 0 Å². The molecular weight excluding hydrogens is 373 g/mol. The molecule has 2 nitrogen and oxygen atoms in total. The summed E-state index contributed by atoms with van der Waals surface area (Å²) in [5, 5.41) is 0. The van der Waals surface area contributed by atoms with Crippen LogP contribution in [0.15, 0.2) is 0 Å². The summed E-state index contributed by atoms with van der Waals surface area (Å²) in [7, 11) is 0. The summed E-state index contributed by atoms with van der Waals surface area (Å²) >= 11 is 0. The quantitative estimate of drug-likeness (QED) is 0.396. The molecule has 0 spiro atoms. The molecule has 148 valence electrons. The van der Waals surface area contributed by atoms with Crippen LogP contribution in [0.1, 0.15) is 13.3 Å². The second-order valence-electron chi connectivity index (χ2n) is 4.02. The molecular formula is C11H15F11O2. The van der Waals surface area contributed by atoms with Gasteiger partial charge in [-0.1, -0.05) is 6.92 Å². The summed E-state index contributed by atoms with van der Waals surface area (Å²) in [6.07, 6.45) is -17.3. The van der Waals surface area contributed by atoms with Crippen molar-refractivity contribution in [2.75, 3.05) is 19.9 Å². The highest BCUT2D eigenvalue weighted by Gasteiger charge is 2.57. The van der Waals surface area contributed by atoms with Crippen LogP contribution in [0.4, 0.5) is 48.3 Å². The number of ether oxygens (including phenoxy) is 2. The van der Waals surface area contributed by atoms with E-state index in [-0.39, 0.29) is 13.3 Å². The molecule has 0 aliphatic rings. The van der Waals surface area contributed by atoms with E-state index < -0.39 is 37.4 Å². The summed E-state index contributed by atoms with van der Waals surface area (Å²) in [6, 6.07) is 0. The Hall–Kier alpha value is -0.850. The van der Waals surface area contributed by atoms with Gasteiger partial charge in [-0.15, -0.1) is 0 Å². The molecule has 0 radical (unpaired) electrons.